The number of aromatic nitrogens is 2. The van der Waals surface area contributed by atoms with Crippen molar-refractivity contribution in [3.63, 3.8) is 0 Å². The highest BCUT2D eigenvalue weighted by molar-refractivity contribution is 5.94. The number of nitrogens with one attached hydrogen (secondary N) is 1. The van der Waals surface area contributed by atoms with Crippen LogP contribution in [0.3, 0.4) is 0 Å². The predicted molar refractivity (Wildman–Crippen MR) is 133 cm³/mol. The fourth-order valence-electron chi connectivity index (χ4n) is 6.06. The number of carbonyl (C=O) groups is 2. The lowest BCUT2D eigenvalue weighted by molar-refractivity contribution is -0.172. The van der Waals surface area contributed by atoms with Crippen LogP contribution in [-0.4, -0.2) is 44.3 Å². The van der Waals surface area contributed by atoms with Crippen LogP contribution in [0.1, 0.15) is 59.2 Å². The topological polar surface area (TPSA) is 157 Å². The van der Waals surface area contributed by atoms with Crippen molar-refractivity contribution in [2.75, 3.05) is 6.61 Å². The summed E-state index contributed by atoms with van der Waals surface area (Å²) in [5.41, 5.74) is 7.69. The summed E-state index contributed by atoms with van der Waals surface area (Å²) in [4.78, 5) is 43.5. The number of nitrogens with two attached hydrogens (primary N) is 1. The third-order valence-corrected chi connectivity index (χ3v) is 8.23. The van der Waals surface area contributed by atoms with E-state index < -0.39 is 47.5 Å². The summed E-state index contributed by atoms with van der Waals surface area (Å²) in [5.74, 6) is -1.74. The molecule has 1 amide bonds. The number of hydrogen-bond acceptors (Lipinski definition) is 8. The Morgan fingerprint density at radius 1 is 1.34 bits per heavy atom. The average Bonchev–Trinajstić information content (AvgIpc) is 3.28. The highest BCUT2D eigenvalue weighted by Gasteiger charge is 2.46. The predicted octanol–water partition coefficient (Wildman–Crippen LogP) is 0.950. The van der Waals surface area contributed by atoms with Gasteiger partial charge in [0.2, 0.25) is 5.91 Å². The van der Waals surface area contributed by atoms with E-state index >= 15 is 0 Å². The smallest absolute Gasteiger partial charge is 0.343 e. The number of nitrogens with zero attached hydrogens (tertiary/aromatic N) is 2. The van der Waals surface area contributed by atoms with Gasteiger partial charge in [0.1, 0.15) is 18.5 Å². The number of cyclic esters (lactones) is 1. The number of pyridine rings is 2. The van der Waals surface area contributed by atoms with Crippen molar-refractivity contribution in [1.29, 1.82) is 0 Å². The zero-order valence-corrected chi connectivity index (χ0v) is 20.9. The van der Waals surface area contributed by atoms with Crippen LogP contribution >= 0.6 is 0 Å². The van der Waals surface area contributed by atoms with Crippen LogP contribution in [0.4, 0.5) is 4.39 Å². The number of amides is 1. The van der Waals surface area contributed by atoms with Gasteiger partial charge in [-0.3, -0.25) is 9.59 Å². The van der Waals surface area contributed by atoms with Gasteiger partial charge in [0, 0.05) is 22.6 Å². The SMILES string of the molecule is CCC1(O)C(=O)OCc2c1cc1n(c2=O)Cc2c-1nc1cc(F)c(C)c3c1c2C(NC(=O)C(N)CO)CC3. The number of benzene rings is 1. The number of esters is 1. The fourth-order valence-corrected chi connectivity index (χ4v) is 6.06. The highest BCUT2D eigenvalue weighted by atomic mass is 19.1. The maximum atomic E-state index is 14.9. The monoisotopic (exact) mass is 522 g/mol. The van der Waals surface area contributed by atoms with Crippen molar-refractivity contribution < 1.29 is 28.9 Å². The summed E-state index contributed by atoms with van der Waals surface area (Å²) in [5, 5.41) is 24.2. The van der Waals surface area contributed by atoms with E-state index in [1.807, 2.05) is 0 Å². The molecule has 0 bridgehead atoms. The number of aliphatic hydroxyl groups is 2. The van der Waals surface area contributed by atoms with Crippen molar-refractivity contribution in [1.82, 2.24) is 14.9 Å². The molecule has 5 N–H and O–H groups in total. The quantitative estimate of drug-likeness (QED) is 0.289. The maximum absolute atomic E-state index is 14.9. The van der Waals surface area contributed by atoms with E-state index in [0.29, 0.717) is 40.9 Å². The van der Waals surface area contributed by atoms with Crippen LogP contribution in [0.2, 0.25) is 0 Å². The second kappa shape index (κ2) is 8.42. The maximum Gasteiger partial charge on any atom is 0.343 e. The summed E-state index contributed by atoms with van der Waals surface area (Å²) < 4.78 is 21.6. The highest BCUT2D eigenvalue weighted by Crippen LogP contribution is 2.45. The van der Waals surface area contributed by atoms with Crippen molar-refractivity contribution in [2.45, 2.75) is 63.9 Å². The molecule has 3 atom stereocenters. The molecule has 0 saturated carbocycles. The minimum Gasteiger partial charge on any atom is -0.458 e. The normalized spacial score (nSPS) is 21.9. The number of ether oxygens (including phenoxy) is 1. The van der Waals surface area contributed by atoms with E-state index in [9.17, 15) is 29.0 Å². The Morgan fingerprint density at radius 3 is 2.82 bits per heavy atom. The molecule has 3 unspecified atom stereocenters. The van der Waals surface area contributed by atoms with E-state index in [2.05, 4.69) is 5.32 Å². The molecule has 1 aromatic carbocycles. The third kappa shape index (κ3) is 3.22. The van der Waals surface area contributed by atoms with Crippen molar-refractivity contribution >= 4 is 22.8 Å². The standard InChI is InChI=1S/C27H27FN4O6/c1-3-27(37)15-6-20-23-13(8-32(20)25(35)14(15)10-38-26(27)36)22-18(31-24(34)17(29)9-33)5-4-12-11(2)16(28)7-19(30-23)21(12)22/h6-7,17-18,33,37H,3-5,8-10,29H2,1-2H3,(H,31,34). The van der Waals surface area contributed by atoms with Gasteiger partial charge in [-0.15, -0.1) is 0 Å². The van der Waals surface area contributed by atoms with Crippen molar-refractivity contribution in [3.05, 3.63) is 61.7 Å². The van der Waals surface area contributed by atoms with Gasteiger partial charge >= 0.3 is 5.97 Å². The Morgan fingerprint density at radius 2 is 2.11 bits per heavy atom. The van der Waals surface area contributed by atoms with Crippen LogP contribution in [0.25, 0.3) is 22.3 Å². The molecule has 0 saturated heterocycles. The Bertz CT molecular complexity index is 1630. The van der Waals surface area contributed by atoms with Crippen LogP contribution in [0.5, 0.6) is 0 Å². The number of carbonyl (C=O) groups excluding carboxylic acids is 2. The lowest BCUT2D eigenvalue weighted by Gasteiger charge is -2.31. The molecular weight excluding hydrogens is 495 g/mol. The molecule has 0 spiro atoms. The number of rotatable bonds is 4. The molecule has 1 aliphatic carbocycles. The summed E-state index contributed by atoms with van der Waals surface area (Å²) in [6.07, 6.45) is 0.974. The molecular formula is C27H27FN4O6. The number of hydrogen-bond donors (Lipinski definition) is 4. The van der Waals surface area contributed by atoms with Crippen LogP contribution < -0.4 is 16.6 Å². The van der Waals surface area contributed by atoms with Crippen LogP contribution in [-0.2, 0) is 39.5 Å². The summed E-state index contributed by atoms with van der Waals surface area (Å²) >= 11 is 0. The Hall–Kier alpha value is -3.67. The molecule has 198 valence electrons. The number of aliphatic hydroxyl groups excluding tert-OH is 1. The molecule has 3 aliphatic rings. The molecule has 2 aromatic heterocycles. The number of fused-ring (bicyclic) bond motifs is 5. The molecule has 11 heteroatoms. The van der Waals surface area contributed by atoms with Crippen molar-refractivity contribution in [3.8, 4) is 11.4 Å². The zero-order chi connectivity index (χ0) is 27.1. The molecule has 0 fully saturated rings. The van der Waals surface area contributed by atoms with Gasteiger partial charge in [0.25, 0.3) is 5.56 Å². The van der Waals surface area contributed by atoms with E-state index in [0.717, 1.165) is 16.5 Å². The molecule has 2 aliphatic heterocycles. The van der Waals surface area contributed by atoms with Crippen molar-refractivity contribution in [2.24, 2.45) is 5.73 Å². The molecule has 38 heavy (non-hydrogen) atoms. The van der Waals surface area contributed by atoms with Gasteiger partial charge in [0.05, 0.1) is 41.7 Å². The summed E-state index contributed by atoms with van der Waals surface area (Å²) in [7, 11) is 0. The Balaban J connectivity index is 1.63. The lowest BCUT2D eigenvalue weighted by atomic mass is 9.81. The first-order valence-corrected chi connectivity index (χ1v) is 12.6. The van der Waals surface area contributed by atoms with Gasteiger partial charge < -0.3 is 30.6 Å². The minimum absolute atomic E-state index is 0.0120. The van der Waals surface area contributed by atoms with Gasteiger partial charge in [-0.05, 0) is 48.9 Å². The van der Waals surface area contributed by atoms with Gasteiger partial charge in [0.15, 0.2) is 5.60 Å². The Kier molecular flexibility index (Phi) is 5.46. The summed E-state index contributed by atoms with van der Waals surface area (Å²) in [6, 6.07) is 1.34. The van der Waals surface area contributed by atoms with Gasteiger partial charge in [-0.2, -0.15) is 0 Å². The zero-order valence-electron chi connectivity index (χ0n) is 20.9. The number of aryl methyl sites for hydroxylation is 1. The molecule has 0 radical (unpaired) electrons. The van der Waals surface area contributed by atoms with E-state index in [1.54, 1.807) is 19.9 Å². The van der Waals surface area contributed by atoms with E-state index in [-0.39, 0.29) is 30.7 Å². The van der Waals surface area contributed by atoms with Crippen LogP contribution in [0, 0.1) is 12.7 Å². The summed E-state index contributed by atoms with van der Waals surface area (Å²) in [6.45, 7) is 2.71. The van der Waals surface area contributed by atoms with E-state index in [4.69, 9.17) is 15.5 Å². The van der Waals surface area contributed by atoms with E-state index in [1.165, 1.54) is 10.6 Å². The minimum atomic E-state index is -1.97. The lowest BCUT2D eigenvalue weighted by Crippen LogP contribution is -2.45. The second-order valence-corrected chi connectivity index (χ2v) is 10.2. The molecule has 6 rings (SSSR count). The fraction of sp³-hybridized carbons (Fsp3) is 0.407. The first-order chi connectivity index (χ1) is 18.1. The largest absolute Gasteiger partial charge is 0.458 e. The third-order valence-electron chi connectivity index (χ3n) is 8.23. The molecule has 3 aromatic rings. The first-order valence-electron chi connectivity index (χ1n) is 12.6. The molecule has 4 heterocycles. The number of halogens is 1. The second-order valence-electron chi connectivity index (χ2n) is 10.2. The average molecular weight is 523 g/mol. The van der Waals surface area contributed by atoms with Gasteiger partial charge in [-0.25, -0.2) is 14.2 Å². The van der Waals surface area contributed by atoms with Crippen LogP contribution in [0.15, 0.2) is 16.9 Å². The Labute approximate surface area is 216 Å². The molecule has 10 nitrogen and oxygen atoms in total. The van der Waals surface area contributed by atoms with Gasteiger partial charge in [-0.1, -0.05) is 6.92 Å². The first kappa shape index (κ1) is 24.7.